The van der Waals surface area contributed by atoms with Gasteiger partial charge in [-0.25, -0.2) is 4.39 Å². The van der Waals surface area contributed by atoms with E-state index < -0.39 is 21.9 Å². The van der Waals surface area contributed by atoms with Gasteiger partial charge in [0.05, 0.1) is 16.0 Å². The molecule has 20 heavy (non-hydrogen) atoms. The number of Topliss-reactive ketones (excluding diaryl/α,β-unsaturated/α-hetero) is 1. The van der Waals surface area contributed by atoms with Crippen molar-refractivity contribution in [1.29, 1.82) is 0 Å². The minimum absolute atomic E-state index is 0.246. The van der Waals surface area contributed by atoms with Gasteiger partial charge in [0.2, 0.25) is 0 Å². The molecular formula is C16H15FO2S. The van der Waals surface area contributed by atoms with Crippen LogP contribution in [0.1, 0.15) is 22.8 Å². The Hall–Kier alpha value is -1.81. The minimum Gasteiger partial charge on any atom is -0.293 e. The number of benzene rings is 2. The molecule has 0 amide bonds. The molecule has 2 unspecified atom stereocenters. The molecule has 0 aliphatic carbocycles. The molecule has 0 radical (unpaired) electrons. The van der Waals surface area contributed by atoms with E-state index in [1.807, 2.05) is 19.1 Å². The van der Waals surface area contributed by atoms with Crippen molar-refractivity contribution in [3.8, 4) is 0 Å². The van der Waals surface area contributed by atoms with E-state index in [1.165, 1.54) is 24.3 Å². The highest BCUT2D eigenvalue weighted by Crippen LogP contribution is 2.16. The van der Waals surface area contributed by atoms with Gasteiger partial charge in [0.1, 0.15) is 5.82 Å². The zero-order chi connectivity index (χ0) is 14.7. The van der Waals surface area contributed by atoms with Gasteiger partial charge in [0, 0.05) is 10.5 Å². The van der Waals surface area contributed by atoms with Gasteiger partial charge in [-0.2, -0.15) is 0 Å². The monoisotopic (exact) mass is 290 g/mol. The lowest BCUT2D eigenvalue weighted by molar-refractivity contribution is 0.0992. The number of halogens is 1. The van der Waals surface area contributed by atoms with Crippen molar-refractivity contribution in [3.05, 3.63) is 65.5 Å². The van der Waals surface area contributed by atoms with Crippen molar-refractivity contribution in [1.82, 2.24) is 0 Å². The van der Waals surface area contributed by atoms with Crippen LogP contribution in [0.4, 0.5) is 4.39 Å². The third-order valence-corrected chi connectivity index (χ3v) is 4.67. The Balaban J connectivity index is 2.20. The predicted octanol–water partition coefficient (Wildman–Crippen LogP) is 3.51. The maximum Gasteiger partial charge on any atom is 0.178 e. The second-order valence-electron chi connectivity index (χ2n) is 4.62. The van der Waals surface area contributed by atoms with E-state index in [-0.39, 0.29) is 5.78 Å². The molecule has 2 rings (SSSR count). The van der Waals surface area contributed by atoms with Crippen LogP contribution in [0.25, 0.3) is 0 Å². The van der Waals surface area contributed by atoms with Gasteiger partial charge in [-0.1, -0.05) is 17.7 Å². The van der Waals surface area contributed by atoms with Crippen LogP contribution in [0.3, 0.4) is 0 Å². The maximum absolute atomic E-state index is 12.8. The highest BCUT2D eigenvalue weighted by molar-refractivity contribution is 7.86. The maximum atomic E-state index is 12.8. The van der Waals surface area contributed by atoms with Crippen LogP contribution in [-0.4, -0.2) is 15.2 Å². The molecule has 4 heteroatoms. The molecule has 0 heterocycles. The standard InChI is InChI=1S/C16H15FO2S/c1-11-3-9-15(10-4-11)20(19)12(2)16(18)13-5-7-14(17)8-6-13/h3-10,12H,1-2H3. The third kappa shape index (κ3) is 3.20. The Morgan fingerprint density at radius 3 is 2.15 bits per heavy atom. The molecule has 2 atom stereocenters. The largest absolute Gasteiger partial charge is 0.293 e. The van der Waals surface area contributed by atoms with E-state index in [1.54, 1.807) is 19.1 Å². The smallest absolute Gasteiger partial charge is 0.178 e. The lowest BCUT2D eigenvalue weighted by atomic mass is 10.1. The summed E-state index contributed by atoms with van der Waals surface area (Å²) in [6.45, 7) is 3.57. The molecule has 104 valence electrons. The minimum atomic E-state index is -1.42. The summed E-state index contributed by atoms with van der Waals surface area (Å²) in [5.41, 5.74) is 1.45. The van der Waals surface area contributed by atoms with E-state index in [2.05, 4.69) is 0 Å². The number of rotatable bonds is 4. The van der Waals surface area contributed by atoms with E-state index >= 15 is 0 Å². The lowest BCUT2D eigenvalue weighted by Crippen LogP contribution is -2.22. The van der Waals surface area contributed by atoms with Gasteiger partial charge in [-0.3, -0.25) is 9.00 Å². The van der Waals surface area contributed by atoms with Crippen molar-refractivity contribution in [2.24, 2.45) is 0 Å². The highest BCUT2D eigenvalue weighted by atomic mass is 32.2. The van der Waals surface area contributed by atoms with Gasteiger partial charge in [-0.05, 0) is 50.2 Å². The van der Waals surface area contributed by atoms with Gasteiger partial charge < -0.3 is 0 Å². The van der Waals surface area contributed by atoms with E-state index in [9.17, 15) is 13.4 Å². The van der Waals surface area contributed by atoms with E-state index in [0.717, 1.165) is 5.56 Å². The molecule has 0 bridgehead atoms. The number of ketones is 1. The van der Waals surface area contributed by atoms with E-state index in [0.29, 0.717) is 10.5 Å². The van der Waals surface area contributed by atoms with Crippen molar-refractivity contribution in [2.45, 2.75) is 24.0 Å². The molecule has 0 saturated carbocycles. The average molecular weight is 290 g/mol. The van der Waals surface area contributed by atoms with Crippen molar-refractivity contribution < 1.29 is 13.4 Å². The van der Waals surface area contributed by atoms with Gasteiger partial charge >= 0.3 is 0 Å². The SMILES string of the molecule is Cc1ccc(S(=O)C(C)C(=O)c2ccc(F)cc2)cc1. The summed E-state index contributed by atoms with van der Waals surface area (Å²) in [6.07, 6.45) is 0. The molecule has 2 aromatic carbocycles. The summed E-state index contributed by atoms with van der Waals surface area (Å²) < 4.78 is 25.2. The molecule has 2 aromatic rings. The topological polar surface area (TPSA) is 34.1 Å². The first-order valence-corrected chi connectivity index (χ1v) is 7.47. The van der Waals surface area contributed by atoms with Crippen LogP contribution < -0.4 is 0 Å². The molecule has 0 fully saturated rings. The van der Waals surface area contributed by atoms with Crippen molar-refractivity contribution >= 4 is 16.6 Å². The Labute approximate surface area is 120 Å². The van der Waals surface area contributed by atoms with Crippen LogP contribution in [-0.2, 0) is 10.8 Å². The number of carbonyl (C=O) groups excluding carboxylic acids is 1. The third-order valence-electron chi connectivity index (χ3n) is 3.07. The number of hydrogen-bond acceptors (Lipinski definition) is 2. The zero-order valence-corrected chi connectivity index (χ0v) is 12.1. The molecule has 0 aromatic heterocycles. The Kier molecular flexibility index (Phi) is 4.45. The highest BCUT2D eigenvalue weighted by Gasteiger charge is 2.22. The molecule has 2 nitrogen and oxygen atoms in total. The Bertz CT molecular complexity index is 575. The lowest BCUT2D eigenvalue weighted by Gasteiger charge is -2.11. The molecule has 0 aliphatic heterocycles. The molecule has 0 spiro atoms. The average Bonchev–Trinajstić information content (AvgIpc) is 2.46. The van der Waals surface area contributed by atoms with Crippen molar-refractivity contribution in [3.63, 3.8) is 0 Å². The number of aryl methyl sites for hydroxylation is 1. The summed E-state index contributed by atoms with van der Waals surface area (Å²) in [5.74, 6) is -0.641. The first kappa shape index (κ1) is 14.6. The molecule has 0 saturated heterocycles. The fraction of sp³-hybridized carbons (Fsp3) is 0.188. The Morgan fingerprint density at radius 1 is 1.05 bits per heavy atom. The fourth-order valence-corrected chi connectivity index (χ4v) is 2.97. The van der Waals surface area contributed by atoms with Crippen LogP contribution in [0.5, 0.6) is 0 Å². The molecule has 0 aliphatic rings. The first-order valence-electron chi connectivity index (χ1n) is 6.26. The summed E-state index contributed by atoms with van der Waals surface area (Å²) in [7, 11) is -1.42. The summed E-state index contributed by atoms with van der Waals surface area (Å²) in [4.78, 5) is 12.8. The first-order chi connectivity index (χ1) is 9.49. The quantitative estimate of drug-likeness (QED) is 0.807. The number of carbonyl (C=O) groups is 1. The van der Waals surface area contributed by atoms with Gasteiger partial charge in [0.25, 0.3) is 0 Å². The van der Waals surface area contributed by atoms with Gasteiger partial charge in [0.15, 0.2) is 5.78 Å². The summed E-state index contributed by atoms with van der Waals surface area (Å²) in [5, 5.41) is -0.664. The molecular weight excluding hydrogens is 275 g/mol. The summed E-state index contributed by atoms with van der Waals surface area (Å²) >= 11 is 0. The van der Waals surface area contributed by atoms with Crippen molar-refractivity contribution in [2.75, 3.05) is 0 Å². The summed E-state index contributed by atoms with van der Waals surface area (Å²) in [6, 6.07) is 12.6. The normalized spacial score (nSPS) is 13.8. The van der Waals surface area contributed by atoms with Crippen LogP contribution in [0, 0.1) is 12.7 Å². The van der Waals surface area contributed by atoms with Gasteiger partial charge in [-0.15, -0.1) is 0 Å². The molecule has 0 N–H and O–H groups in total. The fourth-order valence-electron chi connectivity index (χ4n) is 1.82. The zero-order valence-electron chi connectivity index (χ0n) is 11.3. The Morgan fingerprint density at radius 2 is 1.60 bits per heavy atom. The second-order valence-corrected chi connectivity index (χ2v) is 6.40. The second kappa shape index (κ2) is 6.09. The van der Waals surface area contributed by atoms with Crippen LogP contribution >= 0.6 is 0 Å². The van der Waals surface area contributed by atoms with E-state index in [4.69, 9.17) is 0 Å². The van der Waals surface area contributed by atoms with Crippen LogP contribution in [0.2, 0.25) is 0 Å². The number of hydrogen-bond donors (Lipinski definition) is 0. The van der Waals surface area contributed by atoms with Crippen LogP contribution in [0.15, 0.2) is 53.4 Å². The predicted molar refractivity (Wildman–Crippen MR) is 77.8 cm³/mol.